The summed E-state index contributed by atoms with van der Waals surface area (Å²) in [7, 11) is 0. The minimum Gasteiger partial charge on any atom is -0.368 e. The standard InChI is InChI=1S/C8H16N2O.ClH/c1-2-10-6-4-3-5-7(10)8(9)11;/h7H,2-6H2,1H3,(H2,9,11);1H. The molecular weight excluding hydrogens is 176 g/mol. The topological polar surface area (TPSA) is 46.3 Å². The number of carbonyl (C=O) groups is 1. The van der Waals surface area contributed by atoms with Crippen LogP contribution in [0.25, 0.3) is 0 Å². The number of hydrogen-bond donors (Lipinski definition) is 1. The highest BCUT2D eigenvalue weighted by Gasteiger charge is 2.24. The molecule has 0 saturated carbocycles. The summed E-state index contributed by atoms with van der Waals surface area (Å²) in [4.78, 5) is 13.1. The predicted octanol–water partition coefficient (Wildman–Crippen LogP) is 0.768. The number of nitrogens with two attached hydrogens (primary N) is 1. The van der Waals surface area contributed by atoms with Gasteiger partial charge in [-0.2, -0.15) is 0 Å². The van der Waals surface area contributed by atoms with Crippen LogP contribution in [0.3, 0.4) is 0 Å². The number of likely N-dealkylation sites (N-methyl/N-ethyl adjacent to an activating group) is 1. The van der Waals surface area contributed by atoms with E-state index >= 15 is 0 Å². The van der Waals surface area contributed by atoms with Crippen molar-refractivity contribution in [2.24, 2.45) is 5.73 Å². The summed E-state index contributed by atoms with van der Waals surface area (Å²) in [5, 5.41) is 0. The molecule has 0 radical (unpaired) electrons. The Kier molecular flexibility index (Phi) is 5.25. The Hall–Kier alpha value is -0.280. The lowest BCUT2D eigenvalue weighted by Crippen LogP contribution is -2.47. The van der Waals surface area contributed by atoms with Crippen molar-refractivity contribution in [3.05, 3.63) is 0 Å². The summed E-state index contributed by atoms with van der Waals surface area (Å²) in [5.41, 5.74) is 5.25. The van der Waals surface area contributed by atoms with Crippen LogP contribution in [-0.4, -0.2) is 29.9 Å². The van der Waals surface area contributed by atoms with Crippen molar-refractivity contribution < 1.29 is 4.79 Å². The van der Waals surface area contributed by atoms with E-state index in [2.05, 4.69) is 11.8 Å². The first kappa shape index (κ1) is 11.7. The second-order valence-electron chi connectivity index (χ2n) is 3.04. The first-order valence-electron chi connectivity index (χ1n) is 4.29. The van der Waals surface area contributed by atoms with Crippen LogP contribution in [0.2, 0.25) is 0 Å². The maximum Gasteiger partial charge on any atom is 0.234 e. The number of primary amides is 1. The largest absolute Gasteiger partial charge is 0.368 e. The number of piperidine rings is 1. The number of nitrogens with zero attached hydrogens (tertiary/aromatic N) is 1. The minimum absolute atomic E-state index is 0. The van der Waals surface area contributed by atoms with Crippen molar-refractivity contribution in [1.82, 2.24) is 4.90 Å². The molecule has 0 bridgehead atoms. The molecule has 1 atom stereocenters. The van der Waals surface area contributed by atoms with E-state index in [0.29, 0.717) is 0 Å². The zero-order valence-corrected chi connectivity index (χ0v) is 8.27. The third-order valence-electron chi connectivity index (χ3n) is 2.35. The van der Waals surface area contributed by atoms with Crippen LogP contribution in [0.1, 0.15) is 26.2 Å². The molecular formula is C8H17ClN2O. The molecule has 4 heteroatoms. The van der Waals surface area contributed by atoms with Crippen LogP contribution in [-0.2, 0) is 4.79 Å². The molecule has 0 aliphatic carbocycles. The smallest absolute Gasteiger partial charge is 0.234 e. The van der Waals surface area contributed by atoms with Crippen molar-refractivity contribution in [2.45, 2.75) is 32.2 Å². The van der Waals surface area contributed by atoms with E-state index in [-0.39, 0.29) is 24.4 Å². The Morgan fingerprint density at radius 2 is 2.25 bits per heavy atom. The molecule has 1 aliphatic rings. The van der Waals surface area contributed by atoms with Crippen LogP contribution >= 0.6 is 12.4 Å². The van der Waals surface area contributed by atoms with Crippen LogP contribution in [0, 0.1) is 0 Å². The van der Waals surface area contributed by atoms with E-state index in [1.54, 1.807) is 0 Å². The third-order valence-corrected chi connectivity index (χ3v) is 2.35. The zero-order chi connectivity index (χ0) is 8.27. The maximum atomic E-state index is 10.9. The number of rotatable bonds is 2. The first-order valence-corrected chi connectivity index (χ1v) is 4.29. The highest BCUT2D eigenvalue weighted by atomic mass is 35.5. The number of halogens is 1. The van der Waals surface area contributed by atoms with Gasteiger partial charge in [-0.3, -0.25) is 9.69 Å². The molecule has 1 aliphatic heterocycles. The summed E-state index contributed by atoms with van der Waals surface area (Å²) in [6.45, 7) is 4.04. The minimum atomic E-state index is -0.161. The van der Waals surface area contributed by atoms with Gasteiger partial charge in [0, 0.05) is 0 Å². The van der Waals surface area contributed by atoms with E-state index < -0.39 is 0 Å². The molecule has 1 unspecified atom stereocenters. The van der Waals surface area contributed by atoms with Gasteiger partial charge in [0.1, 0.15) is 0 Å². The average Bonchev–Trinajstić information content (AvgIpc) is 2.04. The number of hydrogen-bond acceptors (Lipinski definition) is 2. The molecule has 0 aromatic carbocycles. The summed E-state index contributed by atoms with van der Waals surface area (Å²) in [6, 6.07) is 0.00810. The van der Waals surface area contributed by atoms with Gasteiger partial charge in [0.05, 0.1) is 6.04 Å². The van der Waals surface area contributed by atoms with Gasteiger partial charge in [-0.1, -0.05) is 13.3 Å². The van der Waals surface area contributed by atoms with Gasteiger partial charge in [0.25, 0.3) is 0 Å². The van der Waals surface area contributed by atoms with E-state index in [1.807, 2.05) is 0 Å². The molecule has 1 saturated heterocycles. The quantitative estimate of drug-likeness (QED) is 0.703. The Balaban J connectivity index is 0.00000121. The van der Waals surface area contributed by atoms with Crippen molar-refractivity contribution in [3.63, 3.8) is 0 Å². The van der Waals surface area contributed by atoms with E-state index in [4.69, 9.17) is 5.73 Å². The molecule has 0 aromatic rings. The maximum absolute atomic E-state index is 10.9. The molecule has 3 nitrogen and oxygen atoms in total. The fraction of sp³-hybridized carbons (Fsp3) is 0.875. The Morgan fingerprint density at radius 1 is 1.58 bits per heavy atom. The van der Waals surface area contributed by atoms with Crippen LogP contribution in [0.15, 0.2) is 0 Å². The van der Waals surface area contributed by atoms with Gasteiger partial charge in [-0.25, -0.2) is 0 Å². The molecule has 0 aromatic heterocycles. The van der Waals surface area contributed by atoms with Crippen molar-refractivity contribution >= 4 is 18.3 Å². The molecule has 2 N–H and O–H groups in total. The van der Waals surface area contributed by atoms with Crippen LogP contribution < -0.4 is 5.73 Å². The SMILES string of the molecule is CCN1CCCCC1C(N)=O.Cl. The van der Waals surface area contributed by atoms with Crippen molar-refractivity contribution in [1.29, 1.82) is 0 Å². The highest BCUT2D eigenvalue weighted by Crippen LogP contribution is 2.15. The molecule has 1 fully saturated rings. The lowest BCUT2D eigenvalue weighted by atomic mass is 10.0. The fourth-order valence-electron chi connectivity index (χ4n) is 1.69. The summed E-state index contributed by atoms with van der Waals surface area (Å²) >= 11 is 0. The second-order valence-corrected chi connectivity index (χ2v) is 3.04. The summed E-state index contributed by atoms with van der Waals surface area (Å²) in [6.07, 6.45) is 3.30. The Morgan fingerprint density at radius 3 is 2.67 bits per heavy atom. The van der Waals surface area contributed by atoms with E-state index in [1.165, 1.54) is 6.42 Å². The average molecular weight is 193 g/mol. The van der Waals surface area contributed by atoms with Crippen molar-refractivity contribution in [3.8, 4) is 0 Å². The monoisotopic (exact) mass is 192 g/mol. The fourth-order valence-corrected chi connectivity index (χ4v) is 1.69. The Labute approximate surface area is 79.7 Å². The Bertz CT molecular complexity index is 152. The molecule has 1 rings (SSSR count). The van der Waals surface area contributed by atoms with Gasteiger partial charge < -0.3 is 5.73 Å². The van der Waals surface area contributed by atoms with E-state index in [9.17, 15) is 4.79 Å². The molecule has 0 spiro atoms. The number of carbonyl (C=O) groups excluding carboxylic acids is 1. The van der Waals surface area contributed by atoms with Gasteiger partial charge in [0.2, 0.25) is 5.91 Å². The first-order chi connectivity index (χ1) is 5.25. The van der Waals surface area contributed by atoms with Gasteiger partial charge in [-0.05, 0) is 25.9 Å². The third kappa shape index (κ3) is 2.64. The van der Waals surface area contributed by atoms with Crippen LogP contribution in [0.5, 0.6) is 0 Å². The van der Waals surface area contributed by atoms with Gasteiger partial charge in [-0.15, -0.1) is 12.4 Å². The van der Waals surface area contributed by atoms with E-state index in [0.717, 1.165) is 25.9 Å². The highest BCUT2D eigenvalue weighted by molar-refractivity contribution is 5.85. The molecule has 72 valence electrons. The lowest BCUT2D eigenvalue weighted by molar-refractivity contribution is -0.124. The number of amides is 1. The van der Waals surface area contributed by atoms with Gasteiger partial charge in [0.15, 0.2) is 0 Å². The predicted molar refractivity (Wildman–Crippen MR) is 51.3 cm³/mol. The zero-order valence-electron chi connectivity index (χ0n) is 7.45. The van der Waals surface area contributed by atoms with Gasteiger partial charge >= 0.3 is 0 Å². The van der Waals surface area contributed by atoms with Crippen molar-refractivity contribution in [2.75, 3.05) is 13.1 Å². The summed E-state index contributed by atoms with van der Waals surface area (Å²) in [5.74, 6) is -0.161. The molecule has 1 heterocycles. The molecule has 12 heavy (non-hydrogen) atoms. The summed E-state index contributed by atoms with van der Waals surface area (Å²) < 4.78 is 0. The number of likely N-dealkylation sites (tertiary alicyclic amines) is 1. The second kappa shape index (κ2) is 5.38. The lowest BCUT2D eigenvalue weighted by Gasteiger charge is -2.32. The molecule has 1 amide bonds. The normalized spacial score (nSPS) is 24.6. The van der Waals surface area contributed by atoms with Crippen LogP contribution in [0.4, 0.5) is 0 Å².